The molecule has 138 valence electrons. The summed E-state index contributed by atoms with van der Waals surface area (Å²) in [7, 11) is 1.80. The summed E-state index contributed by atoms with van der Waals surface area (Å²) < 4.78 is 18.3. The Balaban J connectivity index is 1.69. The molecule has 0 aromatic carbocycles. The number of rotatable bonds is 4. The molecule has 0 saturated heterocycles. The van der Waals surface area contributed by atoms with Crippen LogP contribution in [0.4, 0.5) is 5.82 Å². The molecule has 1 unspecified atom stereocenters. The molecule has 0 N–H and O–H groups in total. The Hall–Kier alpha value is -0.550. The molecule has 1 aliphatic carbocycles. The van der Waals surface area contributed by atoms with Gasteiger partial charge in [-0.05, 0) is 37.7 Å². The Morgan fingerprint density at radius 1 is 1.40 bits per heavy atom. The second-order valence-corrected chi connectivity index (χ2v) is 12.0. The molecule has 25 heavy (non-hydrogen) atoms. The third kappa shape index (κ3) is 4.60. The van der Waals surface area contributed by atoms with Crippen LogP contribution in [0.1, 0.15) is 31.2 Å². The van der Waals surface area contributed by atoms with Gasteiger partial charge in [0.15, 0.2) is 0 Å². The Morgan fingerprint density at radius 3 is 2.80 bits per heavy atom. The van der Waals surface area contributed by atoms with Crippen molar-refractivity contribution in [3.05, 3.63) is 18.1 Å². The highest BCUT2D eigenvalue weighted by Gasteiger charge is 2.28. The maximum atomic E-state index is 12.2. The summed E-state index contributed by atoms with van der Waals surface area (Å²) in [6, 6.07) is 0.470. The van der Waals surface area contributed by atoms with Gasteiger partial charge < -0.3 is 4.90 Å². The van der Waals surface area contributed by atoms with E-state index in [0.29, 0.717) is 12.0 Å². The van der Waals surface area contributed by atoms with Crippen LogP contribution >= 0.6 is 34.8 Å². The average Bonchev–Trinajstić information content (AvgIpc) is 2.60. The zero-order valence-corrected chi connectivity index (χ0v) is 18.6. The lowest BCUT2D eigenvalue weighted by atomic mass is 9.86. The molecule has 3 rings (SSSR count). The molecule has 1 aliphatic heterocycles. The number of hydrogen-bond donors (Lipinski definition) is 0. The minimum Gasteiger partial charge on any atom is -0.356 e. The van der Waals surface area contributed by atoms with Crippen LogP contribution in [0.5, 0.6) is 0 Å². The molecular formula is C16H24IN5OS2. The van der Waals surface area contributed by atoms with Crippen molar-refractivity contribution in [2.24, 2.45) is 10.3 Å². The van der Waals surface area contributed by atoms with Crippen LogP contribution in [0.25, 0.3) is 6.08 Å². The Bertz CT molecular complexity index is 770. The van der Waals surface area contributed by atoms with Gasteiger partial charge >= 0.3 is 0 Å². The highest BCUT2D eigenvalue weighted by molar-refractivity contribution is 14.1. The fraction of sp³-hybridized carbons (Fsp3) is 0.625. The molecular weight excluding hydrogens is 469 g/mol. The molecule has 0 spiro atoms. The summed E-state index contributed by atoms with van der Waals surface area (Å²) >= 11 is 3.86. The smallest absolute Gasteiger partial charge is 0.140 e. The first-order chi connectivity index (χ1) is 11.9. The van der Waals surface area contributed by atoms with Crippen molar-refractivity contribution in [3.8, 4) is 0 Å². The SMILES string of the molecule is CN=S(C)(=O)CC1CCC(N(C)c2ncnc3c2C=CN(I)S3)CC1. The standard InChI is InChI=1S/C16H24IN5OS2/c1-18-25(3,23)10-12-4-6-13(7-5-12)21(2)15-14-8-9-22(17)24-16(14)20-11-19-15/h8-9,11-13H,4-7,10H2,1-3H3. The maximum Gasteiger partial charge on any atom is 0.140 e. The summed E-state index contributed by atoms with van der Waals surface area (Å²) in [5, 5.41) is 0.998. The third-order valence-corrected chi connectivity index (χ3v) is 8.56. The lowest BCUT2D eigenvalue weighted by Gasteiger charge is -2.36. The fourth-order valence-electron chi connectivity index (χ4n) is 3.50. The number of aromatic nitrogens is 2. The quantitative estimate of drug-likeness (QED) is 0.275. The van der Waals surface area contributed by atoms with Crippen LogP contribution in [0.2, 0.25) is 0 Å². The summed E-state index contributed by atoms with van der Waals surface area (Å²) in [5.41, 5.74) is 1.10. The highest BCUT2D eigenvalue weighted by atomic mass is 127. The van der Waals surface area contributed by atoms with Gasteiger partial charge in [0.1, 0.15) is 17.2 Å². The van der Waals surface area contributed by atoms with Crippen molar-refractivity contribution >= 4 is 56.4 Å². The Labute approximate surface area is 168 Å². The van der Waals surface area contributed by atoms with E-state index in [0.717, 1.165) is 47.8 Å². The van der Waals surface area contributed by atoms with Gasteiger partial charge in [-0.1, -0.05) is 0 Å². The number of nitrogens with zero attached hydrogens (tertiary/aromatic N) is 5. The van der Waals surface area contributed by atoms with Crippen molar-refractivity contribution in [1.29, 1.82) is 0 Å². The van der Waals surface area contributed by atoms with E-state index in [2.05, 4.69) is 55.2 Å². The largest absolute Gasteiger partial charge is 0.356 e. The monoisotopic (exact) mass is 493 g/mol. The topological polar surface area (TPSA) is 61.7 Å². The Kier molecular flexibility index (Phi) is 6.15. The number of fused-ring (bicyclic) bond motifs is 1. The molecule has 6 nitrogen and oxygen atoms in total. The maximum absolute atomic E-state index is 12.2. The molecule has 1 atom stereocenters. The van der Waals surface area contributed by atoms with Gasteiger partial charge in [-0.3, -0.25) is 6.73 Å². The van der Waals surface area contributed by atoms with E-state index in [9.17, 15) is 4.21 Å². The van der Waals surface area contributed by atoms with E-state index >= 15 is 0 Å². The molecule has 2 heterocycles. The zero-order chi connectivity index (χ0) is 18.0. The molecule has 1 aromatic rings. The molecule has 1 aromatic heterocycles. The van der Waals surface area contributed by atoms with Crippen molar-refractivity contribution in [1.82, 2.24) is 12.5 Å². The van der Waals surface area contributed by atoms with Crippen LogP contribution in [-0.4, -0.2) is 48.8 Å². The lowest BCUT2D eigenvalue weighted by molar-refractivity contribution is 0.342. The summed E-state index contributed by atoms with van der Waals surface area (Å²) in [4.78, 5) is 11.3. The van der Waals surface area contributed by atoms with Crippen molar-refractivity contribution in [3.63, 3.8) is 0 Å². The van der Waals surface area contributed by atoms with Gasteiger partial charge in [0.25, 0.3) is 0 Å². The van der Waals surface area contributed by atoms with Crippen molar-refractivity contribution in [2.45, 2.75) is 36.8 Å². The van der Waals surface area contributed by atoms with E-state index in [1.54, 1.807) is 31.6 Å². The first kappa shape index (κ1) is 19.2. The average molecular weight is 493 g/mol. The van der Waals surface area contributed by atoms with Gasteiger partial charge in [0, 0.05) is 60.0 Å². The van der Waals surface area contributed by atoms with Crippen molar-refractivity contribution in [2.75, 3.05) is 31.0 Å². The summed E-state index contributed by atoms with van der Waals surface area (Å²) in [6.07, 6.45) is 12.0. The van der Waals surface area contributed by atoms with Crippen LogP contribution in [-0.2, 0) is 9.73 Å². The predicted molar refractivity (Wildman–Crippen MR) is 114 cm³/mol. The van der Waals surface area contributed by atoms with Crippen LogP contribution in [0, 0.1) is 5.92 Å². The molecule has 9 heteroatoms. The van der Waals surface area contributed by atoms with E-state index in [-0.39, 0.29) is 0 Å². The van der Waals surface area contributed by atoms with Gasteiger partial charge in [-0.15, -0.1) is 0 Å². The predicted octanol–water partition coefficient (Wildman–Crippen LogP) is 3.84. The van der Waals surface area contributed by atoms with Crippen LogP contribution in [0.3, 0.4) is 0 Å². The molecule has 1 fully saturated rings. The van der Waals surface area contributed by atoms with Crippen LogP contribution < -0.4 is 4.90 Å². The van der Waals surface area contributed by atoms with Gasteiger partial charge in [-0.25, -0.2) is 14.3 Å². The number of anilines is 1. The molecule has 2 aliphatic rings. The van der Waals surface area contributed by atoms with E-state index in [1.165, 1.54) is 0 Å². The number of halogens is 1. The fourth-order valence-corrected chi connectivity index (χ4v) is 6.22. The molecule has 0 radical (unpaired) electrons. The van der Waals surface area contributed by atoms with E-state index in [4.69, 9.17) is 0 Å². The zero-order valence-electron chi connectivity index (χ0n) is 14.8. The molecule has 0 amide bonds. The summed E-state index contributed by atoms with van der Waals surface area (Å²) in [6.45, 7) is 0. The summed E-state index contributed by atoms with van der Waals surface area (Å²) in [5.74, 6) is 2.26. The minimum absolute atomic E-state index is 0.470. The lowest BCUT2D eigenvalue weighted by Crippen LogP contribution is -2.37. The normalized spacial score (nSPS) is 25.2. The van der Waals surface area contributed by atoms with E-state index < -0.39 is 9.73 Å². The van der Waals surface area contributed by atoms with Crippen LogP contribution in [0.15, 0.2) is 21.9 Å². The first-order valence-corrected chi connectivity index (χ1v) is 12.2. The molecule has 0 bridgehead atoms. The van der Waals surface area contributed by atoms with Gasteiger partial charge in [0.2, 0.25) is 0 Å². The highest BCUT2D eigenvalue weighted by Crippen LogP contribution is 2.38. The second kappa shape index (κ2) is 7.99. The van der Waals surface area contributed by atoms with Gasteiger partial charge in [0.05, 0.1) is 28.4 Å². The Morgan fingerprint density at radius 2 is 2.12 bits per heavy atom. The van der Waals surface area contributed by atoms with Gasteiger partial charge in [-0.2, -0.15) is 0 Å². The molecule has 1 saturated carbocycles. The van der Waals surface area contributed by atoms with Crippen molar-refractivity contribution < 1.29 is 4.21 Å². The van der Waals surface area contributed by atoms with E-state index in [1.807, 2.05) is 8.72 Å². The third-order valence-electron chi connectivity index (χ3n) is 4.99. The second-order valence-electron chi connectivity index (χ2n) is 6.69. The first-order valence-electron chi connectivity index (χ1n) is 8.36. The minimum atomic E-state index is -2.00. The number of hydrogen-bond acceptors (Lipinski definition) is 7.